The van der Waals surface area contributed by atoms with Gasteiger partial charge in [-0.3, -0.25) is 0 Å². The standard InChI is InChI=1S/C16H15N3S/c17-13-8-6-12(7-9-13)15-10-14(18-16(20)19-15)11-4-2-1-3-5-11/h1-10,14H,17H2,(H2,18,19,20). The van der Waals surface area contributed by atoms with Gasteiger partial charge in [0.1, 0.15) is 0 Å². The van der Waals surface area contributed by atoms with Crippen LogP contribution in [0.4, 0.5) is 5.69 Å². The first-order valence-corrected chi connectivity index (χ1v) is 6.83. The van der Waals surface area contributed by atoms with Gasteiger partial charge in [0.05, 0.1) is 6.04 Å². The van der Waals surface area contributed by atoms with Crippen LogP contribution in [-0.4, -0.2) is 5.11 Å². The number of nitrogens with one attached hydrogen (secondary N) is 2. The number of anilines is 1. The molecule has 0 aliphatic carbocycles. The van der Waals surface area contributed by atoms with Crippen LogP contribution in [0.3, 0.4) is 0 Å². The highest BCUT2D eigenvalue weighted by molar-refractivity contribution is 7.80. The smallest absolute Gasteiger partial charge is 0.171 e. The van der Waals surface area contributed by atoms with Crippen molar-refractivity contribution in [2.24, 2.45) is 0 Å². The molecule has 3 rings (SSSR count). The van der Waals surface area contributed by atoms with E-state index in [0.29, 0.717) is 5.11 Å². The SMILES string of the molecule is Nc1ccc(C2=CC(c3ccccc3)NC(=S)N2)cc1. The molecule has 2 aromatic rings. The lowest BCUT2D eigenvalue weighted by atomic mass is 10.0. The Bertz CT molecular complexity index is 647. The third kappa shape index (κ3) is 2.65. The molecule has 4 heteroatoms. The van der Waals surface area contributed by atoms with Gasteiger partial charge in [0.15, 0.2) is 5.11 Å². The fraction of sp³-hybridized carbons (Fsp3) is 0.0625. The molecule has 0 aromatic heterocycles. The van der Waals surface area contributed by atoms with E-state index >= 15 is 0 Å². The van der Waals surface area contributed by atoms with Gasteiger partial charge in [-0.25, -0.2) is 0 Å². The summed E-state index contributed by atoms with van der Waals surface area (Å²) in [6.07, 6.45) is 2.14. The second-order valence-electron chi connectivity index (χ2n) is 4.69. The van der Waals surface area contributed by atoms with E-state index in [1.54, 1.807) is 0 Å². The van der Waals surface area contributed by atoms with Crippen LogP contribution in [0.1, 0.15) is 17.2 Å². The second-order valence-corrected chi connectivity index (χ2v) is 5.10. The molecule has 1 unspecified atom stereocenters. The molecule has 20 heavy (non-hydrogen) atoms. The third-order valence-electron chi connectivity index (χ3n) is 3.25. The Morgan fingerprint density at radius 3 is 2.35 bits per heavy atom. The minimum Gasteiger partial charge on any atom is -0.399 e. The molecule has 0 radical (unpaired) electrons. The monoisotopic (exact) mass is 281 g/mol. The summed E-state index contributed by atoms with van der Waals surface area (Å²) in [6, 6.07) is 18.1. The van der Waals surface area contributed by atoms with Gasteiger partial charge in [-0.2, -0.15) is 0 Å². The minimum absolute atomic E-state index is 0.0810. The fourth-order valence-corrected chi connectivity index (χ4v) is 2.46. The number of rotatable bonds is 2. The zero-order chi connectivity index (χ0) is 13.9. The number of hydrogen-bond acceptors (Lipinski definition) is 2. The van der Waals surface area contributed by atoms with Crippen molar-refractivity contribution in [1.82, 2.24) is 10.6 Å². The predicted octanol–water partition coefficient (Wildman–Crippen LogP) is 2.83. The van der Waals surface area contributed by atoms with Crippen LogP contribution in [0, 0.1) is 0 Å². The van der Waals surface area contributed by atoms with Gasteiger partial charge in [0.25, 0.3) is 0 Å². The molecule has 0 bridgehead atoms. The van der Waals surface area contributed by atoms with Crippen LogP contribution < -0.4 is 16.4 Å². The summed E-state index contributed by atoms with van der Waals surface area (Å²) in [5.41, 5.74) is 9.74. The number of thiocarbonyl (C=S) groups is 1. The molecule has 1 aliphatic rings. The minimum atomic E-state index is 0.0810. The van der Waals surface area contributed by atoms with E-state index in [2.05, 4.69) is 28.8 Å². The van der Waals surface area contributed by atoms with Crippen LogP contribution in [0.2, 0.25) is 0 Å². The normalized spacial score (nSPS) is 17.9. The quantitative estimate of drug-likeness (QED) is 0.585. The Hall–Kier alpha value is -2.33. The van der Waals surface area contributed by atoms with E-state index in [1.807, 2.05) is 42.5 Å². The second kappa shape index (κ2) is 5.35. The van der Waals surface area contributed by atoms with E-state index in [-0.39, 0.29) is 6.04 Å². The first kappa shape index (κ1) is 12.7. The molecule has 4 N–H and O–H groups in total. The molecular weight excluding hydrogens is 266 g/mol. The molecule has 100 valence electrons. The maximum Gasteiger partial charge on any atom is 0.171 e. The van der Waals surface area contributed by atoms with Crippen LogP contribution in [-0.2, 0) is 0 Å². The molecule has 3 nitrogen and oxygen atoms in total. The number of nitrogen functional groups attached to an aromatic ring is 1. The maximum absolute atomic E-state index is 5.72. The number of hydrogen-bond donors (Lipinski definition) is 3. The summed E-state index contributed by atoms with van der Waals surface area (Å²) >= 11 is 5.30. The highest BCUT2D eigenvalue weighted by Crippen LogP contribution is 2.23. The van der Waals surface area contributed by atoms with Gasteiger partial charge < -0.3 is 16.4 Å². The topological polar surface area (TPSA) is 50.1 Å². The van der Waals surface area contributed by atoms with Crippen LogP contribution in [0.5, 0.6) is 0 Å². The van der Waals surface area contributed by atoms with Crippen molar-refractivity contribution in [3.63, 3.8) is 0 Å². The Morgan fingerprint density at radius 1 is 0.950 bits per heavy atom. The maximum atomic E-state index is 5.72. The van der Waals surface area contributed by atoms with Crippen molar-refractivity contribution in [3.8, 4) is 0 Å². The lowest BCUT2D eigenvalue weighted by molar-refractivity contribution is 0.765. The summed E-state index contributed by atoms with van der Waals surface area (Å²) in [5.74, 6) is 0. The average Bonchev–Trinajstić information content (AvgIpc) is 2.48. The number of nitrogens with two attached hydrogens (primary N) is 1. The van der Waals surface area contributed by atoms with Crippen molar-refractivity contribution >= 4 is 28.7 Å². The van der Waals surface area contributed by atoms with Gasteiger partial charge in [-0.15, -0.1) is 0 Å². The van der Waals surface area contributed by atoms with Gasteiger partial charge >= 0.3 is 0 Å². The molecular formula is C16H15N3S. The van der Waals surface area contributed by atoms with Crippen molar-refractivity contribution in [2.75, 3.05) is 5.73 Å². The van der Waals surface area contributed by atoms with Gasteiger partial charge in [0.2, 0.25) is 0 Å². The van der Waals surface area contributed by atoms with E-state index in [4.69, 9.17) is 18.0 Å². The molecule has 0 fully saturated rings. The third-order valence-corrected chi connectivity index (χ3v) is 3.47. The Kier molecular flexibility index (Phi) is 3.39. The van der Waals surface area contributed by atoms with Crippen molar-refractivity contribution < 1.29 is 0 Å². The largest absolute Gasteiger partial charge is 0.399 e. The average molecular weight is 281 g/mol. The van der Waals surface area contributed by atoms with E-state index in [1.165, 1.54) is 5.56 Å². The number of benzene rings is 2. The van der Waals surface area contributed by atoms with Crippen LogP contribution in [0.15, 0.2) is 60.7 Å². The summed E-state index contributed by atoms with van der Waals surface area (Å²) in [6.45, 7) is 0. The molecule has 1 aliphatic heterocycles. The first-order valence-electron chi connectivity index (χ1n) is 6.42. The summed E-state index contributed by atoms with van der Waals surface area (Å²) in [5, 5.41) is 7.09. The first-order chi connectivity index (χ1) is 9.72. The van der Waals surface area contributed by atoms with Gasteiger partial charge in [0, 0.05) is 11.4 Å². The zero-order valence-corrected chi connectivity index (χ0v) is 11.7. The van der Waals surface area contributed by atoms with Crippen molar-refractivity contribution in [2.45, 2.75) is 6.04 Å². The summed E-state index contributed by atoms with van der Waals surface area (Å²) < 4.78 is 0. The fourth-order valence-electron chi connectivity index (χ4n) is 2.22. The molecule has 0 spiro atoms. The molecule has 1 heterocycles. The van der Waals surface area contributed by atoms with E-state index in [0.717, 1.165) is 16.9 Å². The lowest BCUT2D eigenvalue weighted by Gasteiger charge is -2.26. The van der Waals surface area contributed by atoms with Crippen molar-refractivity contribution in [1.29, 1.82) is 0 Å². The zero-order valence-electron chi connectivity index (χ0n) is 10.8. The predicted molar refractivity (Wildman–Crippen MR) is 86.9 cm³/mol. The van der Waals surface area contributed by atoms with E-state index < -0.39 is 0 Å². The Labute approximate surface area is 123 Å². The molecule has 2 aromatic carbocycles. The molecule has 0 saturated heterocycles. The molecule has 0 amide bonds. The van der Waals surface area contributed by atoms with E-state index in [9.17, 15) is 0 Å². The van der Waals surface area contributed by atoms with Crippen molar-refractivity contribution in [3.05, 3.63) is 71.8 Å². The van der Waals surface area contributed by atoms with Crippen LogP contribution in [0.25, 0.3) is 5.70 Å². The Balaban J connectivity index is 1.96. The lowest BCUT2D eigenvalue weighted by Crippen LogP contribution is -2.40. The highest BCUT2D eigenvalue weighted by atomic mass is 32.1. The molecule has 1 atom stereocenters. The Morgan fingerprint density at radius 2 is 1.65 bits per heavy atom. The molecule has 0 saturated carbocycles. The summed E-state index contributed by atoms with van der Waals surface area (Å²) in [7, 11) is 0. The summed E-state index contributed by atoms with van der Waals surface area (Å²) in [4.78, 5) is 0. The van der Waals surface area contributed by atoms with Gasteiger partial charge in [-0.1, -0.05) is 42.5 Å². The van der Waals surface area contributed by atoms with Crippen LogP contribution >= 0.6 is 12.2 Å². The van der Waals surface area contributed by atoms with Gasteiger partial charge in [-0.05, 0) is 41.6 Å². The highest BCUT2D eigenvalue weighted by Gasteiger charge is 2.17.